The van der Waals surface area contributed by atoms with Crippen LogP contribution in [0.4, 0.5) is 15.9 Å². The van der Waals surface area contributed by atoms with Gasteiger partial charge < -0.3 is 15.1 Å². The highest BCUT2D eigenvalue weighted by Gasteiger charge is 2.20. The van der Waals surface area contributed by atoms with Crippen LogP contribution in [-0.4, -0.2) is 47.8 Å². The second-order valence-corrected chi connectivity index (χ2v) is 9.24. The SMILES string of the molecule is O=C(CSc1nc(Cl)cc(N2CCN(c3cccc(Cl)c3)CC2)n1)NCc1ccc(F)cc1. The van der Waals surface area contributed by atoms with Crippen LogP contribution in [0, 0.1) is 5.82 Å². The summed E-state index contributed by atoms with van der Waals surface area (Å²) in [7, 11) is 0. The lowest BCUT2D eigenvalue weighted by atomic mass is 10.2. The van der Waals surface area contributed by atoms with Crippen molar-refractivity contribution in [3.8, 4) is 0 Å². The Morgan fingerprint density at radius 1 is 1.00 bits per heavy atom. The van der Waals surface area contributed by atoms with Crippen molar-refractivity contribution in [3.05, 3.63) is 76.2 Å². The molecule has 1 saturated heterocycles. The molecule has 4 rings (SSSR count). The summed E-state index contributed by atoms with van der Waals surface area (Å²) in [5.41, 5.74) is 1.93. The van der Waals surface area contributed by atoms with Crippen molar-refractivity contribution in [1.29, 1.82) is 0 Å². The molecule has 0 atom stereocenters. The van der Waals surface area contributed by atoms with Crippen LogP contribution in [0.1, 0.15) is 5.56 Å². The number of aromatic nitrogens is 2. The number of carbonyl (C=O) groups excluding carboxylic acids is 1. The number of carbonyl (C=O) groups is 1. The number of rotatable bonds is 7. The predicted octanol–water partition coefficient (Wildman–Crippen LogP) is 4.66. The molecule has 6 nitrogen and oxygen atoms in total. The largest absolute Gasteiger partial charge is 0.368 e. The molecule has 1 amide bonds. The van der Waals surface area contributed by atoms with Gasteiger partial charge in [0.15, 0.2) is 5.16 Å². The molecule has 0 spiro atoms. The summed E-state index contributed by atoms with van der Waals surface area (Å²) in [4.78, 5) is 25.5. The number of amides is 1. The van der Waals surface area contributed by atoms with Gasteiger partial charge in [0, 0.05) is 49.5 Å². The molecule has 10 heteroatoms. The van der Waals surface area contributed by atoms with E-state index in [0.29, 0.717) is 16.9 Å². The van der Waals surface area contributed by atoms with Crippen LogP contribution in [0.5, 0.6) is 0 Å². The van der Waals surface area contributed by atoms with Gasteiger partial charge in [-0.15, -0.1) is 0 Å². The summed E-state index contributed by atoms with van der Waals surface area (Å²) in [5.74, 6) is 0.434. The Hall–Kier alpha value is -2.55. The topological polar surface area (TPSA) is 61.4 Å². The van der Waals surface area contributed by atoms with Gasteiger partial charge in [0.1, 0.15) is 16.8 Å². The van der Waals surface area contributed by atoms with Gasteiger partial charge in [0.2, 0.25) is 5.91 Å². The highest BCUT2D eigenvalue weighted by molar-refractivity contribution is 7.99. The molecule has 2 heterocycles. The average molecular weight is 506 g/mol. The van der Waals surface area contributed by atoms with Crippen molar-refractivity contribution in [1.82, 2.24) is 15.3 Å². The predicted molar refractivity (Wildman–Crippen MR) is 132 cm³/mol. The van der Waals surface area contributed by atoms with Gasteiger partial charge in [-0.2, -0.15) is 0 Å². The first-order chi connectivity index (χ1) is 16.0. The summed E-state index contributed by atoms with van der Waals surface area (Å²) >= 11 is 13.6. The average Bonchev–Trinajstić information content (AvgIpc) is 2.82. The third-order valence-corrected chi connectivity index (χ3v) is 6.45. The van der Waals surface area contributed by atoms with Crippen LogP contribution in [0.15, 0.2) is 59.8 Å². The fraction of sp³-hybridized carbons (Fsp3) is 0.261. The lowest BCUT2D eigenvalue weighted by Gasteiger charge is -2.36. The number of hydrogen-bond donors (Lipinski definition) is 1. The van der Waals surface area contributed by atoms with Gasteiger partial charge in [0.25, 0.3) is 0 Å². The van der Waals surface area contributed by atoms with Crippen molar-refractivity contribution >= 4 is 52.4 Å². The fourth-order valence-electron chi connectivity index (χ4n) is 3.46. The first-order valence-electron chi connectivity index (χ1n) is 10.4. The van der Waals surface area contributed by atoms with Crippen LogP contribution in [-0.2, 0) is 11.3 Å². The molecule has 0 unspecified atom stereocenters. The van der Waals surface area contributed by atoms with Crippen LogP contribution >= 0.6 is 35.0 Å². The zero-order valence-corrected chi connectivity index (χ0v) is 20.0. The number of piperazine rings is 1. The zero-order valence-electron chi connectivity index (χ0n) is 17.7. The van der Waals surface area contributed by atoms with E-state index in [9.17, 15) is 9.18 Å². The van der Waals surface area contributed by atoms with Gasteiger partial charge in [0.05, 0.1) is 5.75 Å². The minimum absolute atomic E-state index is 0.156. The van der Waals surface area contributed by atoms with Gasteiger partial charge in [-0.05, 0) is 35.9 Å². The zero-order chi connectivity index (χ0) is 23.2. The maximum atomic E-state index is 13.0. The molecule has 0 aliphatic carbocycles. The van der Waals surface area contributed by atoms with Gasteiger partial charge >= 0.3 is 0 Å². The Kier molecular flexibility index (Phi) is 7.90. The number of halogens is 3. The van der Waals surface area contributed by atoms with Crippen molar-refractivity contribution in [3.63, 3.8) is 0 Å². The second-order valence-electron chi connectivity index (χ2n) is 7.48. The summed E-state index contributed by atoms with van der Waals surface area (Å²) in [5, 5.41) is 4.32. The van der Waals surface area contributed by atoms with Crippen molar-refractivity contribution in [2.24, 2.45) is 0 Å². The quantitative estimate of drug-likeness (QED) is 0.286. The van der Waals surface area contributed by atoms with Gasteiger partial charge in [-0.1, -0.05) is 53.2 Å². The summed E-state index contributed by atoms with van der Waals surface area (Å²) in [6.45, 7) is 3.55. The first kappa shape index (κ1) is 23.6. The van der Waals surface area contributed by atoms with Gasteiger partial charge in [-0.3, -0.25) is 4.79 Å². The molecule has 0 saturated carbocycles. The number of thioether (sulfide) groups is 1. The Balaban J connectivity index is 1.30. The lowest BCUT2D eigenvalue weighted by Crippen LogP contribution is -2.46. The van der Waals surface area contributed by atoms with E-state index in [0.717, 1.165) is 48.3 Å². The highest BCUT2D eigenvalue weighted by Crippen LogP contribution is 2.25. The molecule has 1 aliphatic heterocycles. The number of nitrogens with one attached hydrogen (secondary N) is 1. The van der Waals surface area contributed by atoms with Crippen LogP contribution < -0.4 is 15.1 Å². The van der Waals surface area contributed by atoms with E-state index in [1.807, 2.05) is 18.2 Å². The van der Waals surface area contributed by atoms with Crippen molar-refractivity contribution < 1.29 is 9.18 Å². The van der Waals surface area contributed by atoms with E-state index < -0.39 is 0 Å². The fourth-order valence-corrected chi connectivity index (χ4v) is 4.56. The second kappa shape index (κ2) is 11.0. The molecule has 3 aromatic rings. The minimum atomic E-state index is -0.305. The summed E-state index contributed by atoms with van der Waals surface area (Å²) in [6.07, 6.45) is 0. The maximum Gasteiger partial charge on any atom is 0.230 e. The molecule has 172 valence electrons. The summed E-state index contributed by atoms with van der Waals surface area (Å²) < 4.78 is 13.0. The maximum absolute atomic E-state index is 13.0. The highest BCUT2D eigenvalue weighted by atomic mass is 35.5. The van der Waals surface area contributed by atoms with Crippen LogP contribution in [0.3, 0.4) is 0 Å². The van der Waals surface area contributed by atoms with Crippen molar-refractivity contribution in [2.45, 2.75) is 11.7 Å². The molecule has 1 aliphatic rings. The van der Waals surface area contributed by atoms with Crippen molar-refractivity contribution in [2.75, 3.05) is 41.7 Å². The molecule has 1 fully saturated rings. The third-order valence-electron chi connectivity index (χ3n) is 5.17. The molecule has 1 N–H and O–H groups in total. The van der Waals surface area contributed by atoms with E-state index in [1.54, 1.807) is 18.2 Å². The minimum Gasteiger partial charge on any atom is -0.368 e. The Bertz CT molecular complexity index is 1110. The smallest absolute Gasteiger partial charge is 0.230 e. The molecular weight excluding hydrogens is 484 g/mol. The number of anilines is 2. The van der Waals surface area contributed by atoms with Gasteiger partial charge in [-0.25, -0.2) is 14.4 Å². The van der Waals surface area contributed by atoms with E-state index in [4.69, 9.17) is 23.2 Å². The standard InChI is InChI=1S/C23H22Cl2FN5OS/c24-17-2-1-3-19(12-17)30-8-10-31(11-9-30)21-13-20(25)28-23(29-21)33-15-22(32)27-14-16-4-6-18(26)7-5-16/h1-7,12-13H,8-11,14-15H2,(H,27,32). The number of nitrogens with zero attached hydrogens (tertiary/aromatic N) is 4. The van der Waals surface area contributed by atoms with E-state index >= 15 is 0 Å². The molecule has 33 heavy (non-hydrogen) atoms. The Labute approximate surface area is 206 Å². The molecule has 0 bridgehead atoms. The first-order valence-corrected chi connectivity index (χ1v) is 12.1. The monoisotopic (exact) mass is 505 g/mol. The molecular formula is C23H22Cl2FN5OS. The molecule has 0 radical (unpaired) electrons. The van der Waals surface area contributed by atoms with E-state index in [-0.39, 0.29) is 17.5 Å². The van der Waals surface area contributed by atoms with Crippen LogP contribution in [0.25, 0.3) is 0 Å². The summed E-state index contributed by atoms with van der Waals surface area (Å²) in [6, 6.07) is 15.6. The van der Waals surface area contributed by atoms with E-state index in [1.165, 1.54) is 23.9 Å². The van der Waals surface area contributed by atoms with Crippen LogP contribution in [0.2, 0.25) is 10.2 Å². The lowest BCUT2D eigenvalue weighted by molar-refractivity contribution is -0.118. The Morgan fingerprint density at radius 3 is 2.45 bits per heavy atom. The molecule has 2 aromatic carbocycles. The third kappa shape index (κ3) is 6.72. The van der Waals surface area contributed by atoms with E-state index in [2.05, 4.69) is 31.2 Å². The number of benzene rings is 2. The number of hydrogen-bond acceptors (Lipinski definition) is 6. The normalized spacial score (nSPS) is 13.8. The molecule has 1 aromatic heterocycles. The Morgan fingerprint density at radius 2 is 1.73 bits per heavy atom.